The first kappa shape index (κ1) is 13.7. The van der Waals surface area contributed by atoms with Crippen molar-refractivity contribution in [2.45, 2.75) is 0 Å². The second-order valence-corrected chi connectivity index (χ2v) is 4.18. The Labute approximate surface area is 119 Å². The maximum atomic E-state index is 10.7. The lowest BCUT2D eigenvalue weighted by atomic mass is 10.1. The standard InChI is InChI=1S/C12H10N4O3S/c13-12(20)15-14-7-10-4-5-11(19-10)8-2-1-3-9(6-8)16(17)18/h1-7H,(H3,13,15,20). The topological polar surface area (TPSA) is 107 Å². The van der Waals surface area contributed by atoms with Gasteiger partial charge in [-0.2, -0.15) is 5.10 Å². The van der Waals surface area contributed by atoms with Crippen LogP contribution in [0.2, 0.25) is 0 Å². The minimum Gasteiger partial charge on any atom is -0.455 e. The van der Waals surface area contributed by atoms with Gasteiger partial charge in [0.15, 0.2) is 5.11 Å². The molecule has 0 saturated carbocycles. The molecule has 0 radical (unpaired) electrons. The van der Waals surface area contributed by atoms with Crippen LogP contribution in [0.4, 0.5) is 5.69 Å². The lowest BCUT2D eigenvalue weighted by Gasteiger charge is -1.97. The van der Waals surface area contributed by atoms with E-state index in [1.807, 2.05) is 0 Å². The average Bonchev–Trinajstić information content (AvgIpc) is 2.87. The normalized spacial score (nSPS) is 10.6. The number of thiocarbonyl (C=S) groups is 1. The largest absolute Gasteiger partial charge is 0.455 e. The van der Waals surface area contributed by atoms with Crippen LogP contribution in [0, 0.1) is 10.1 Å². The summed E-state index contributed by atoms with van der Waals surface area (Å²) in [5.41, 5.74) is 8.22. The van der Waals surface area contributed by atoms with Crippen molar-refractivity contribution in [2.75, 3.05) is 0 Å². The number of non-ortho nitro benzene ring substituents is 1. The highest BCUT2D eigenvalue weighted by molar-refractivity contribution is 7.80. The molecule has 0 saturated heterocycles. The first-order valence-corrected chi connectivity index (χ1v) is 5.90. The van der Waals surface area contributed by atoms with Crippen molar-refractivity contribution in [3.05, 3.63) is 52.3 Å². The monoisotopic (exact) mass is 290 g/mol. The quantitative estimate of drug-likeness (QED) is 0.386. The van der Waals surface area contributed by atoms with E-state index >= 15 is 0 Å². The molecule has 2 rings (SSSR count). The molecule has 7 nitrogen and oxygen atoms in total. The highest BCUT2D eigenvalue weighted by Crippen LogP contribution is 2.25. The maximum absolute atomic E-state index is 10.7. The molecule has 1 heterocycles. The smallest absolute Gasteiger partial charge is 0.270 e. The van der Waals surface area contributed by atoms with Crippen molar-refractivity contribution >= 4 is 29.2 Å². The van der Waals surface area contributed by atoms with Crippen molar-refractivity contribution in [2.24, 2.45) is 10.8 Å². The third-order valence-electron chi connectivity index (χ3n) is 2.33. The lowest BCUT2D eigenvalue weighted by Crippen LogP contribution is -2.23. The third-order valence-corrected chi connectivity index (χ3v) is 2.43. The number of hydrazone groups is 1. The molecule has 0 aliphatic carbocycles. The zero-order valence-corrected chi connectivity index (χ0v) is 11.0. The molecular weight excluding hydrogens is 280 g/mol. The zero-order chi connectivity index (χ0) is 14.5. The summed E-state index contributed by atoms with van der Waals surface area (Å²) in [6.07, 6.45) is 1.40. The molecule has 1 aromatic heterocycles. The Morgan fingerprint density at radius 2 is 2.25 bits per heavy atom. The summed E-state index contributed by atoms with van der Waals surface area (Å²) < 4.78 is 5.49. The van der Waals surface area contributed by atoms with Gasteiger partial charge in [-0.05, 0) is 24.4 Å². The molecule has 8 heteroatoms. The van der Waals surface area contributed by atoms with Gasteiger partial charge in [0.2, 0.25) is 0 Å². The minimum atomic E-state index is -0.457. The maximum Gasteiger partial charge on any atom is 0.270 e. The van der Waals surface area contributed by atoms with Crippen LogP contribution in [-0.4, -0.2) is 16.3 Å². The predicted octanol–water partition coefficient (Wildman–Crippen LogP) is 2.02. The number of benzene rings is 1. The number of hydrogen-bond donors (Lipinski definition) is 2. The highest BCUT2D eigenvalue weighted by atomic mass is 32.1. The Kier molecular flexibility index (Phi) is 4.06. The number of nitro groups is 1. The number of nitrogens with zero attached hydrogens (tertiary/aromatic N) is 2. The van der Waals surface area contributed by atoms with Crippen molar-refractivity contribution in [1.82, 2.24) is 5.43 Å². The molecule has 0 aliphatic heterocycles. The van der Waals surface area contributed by atoms with E-state index < -0.39 is 4.92 Å². The molecule has 102 valence electrons. The van der Waals surface area contributed by atoms with Crippen LogP contribution in [-0.2, 0) is 0 Å². The molecule has 1 aromatic carbocycles. The number of nitrogens with one attached hydrogen (secondary N) is 1. The molecule has 0 amide bonds. The second-order valence-electron chi connectivity index (χ2n) is 3.74. The van der Waals surface area contributed by atoms with Crippen LogP contribution < -0.4 is 11.2 Å². The Hall–Kier alpha value is -2.74. The molecule has 2 aromatic rings. The van der Waals surface area contributed by atoms with Gasteiger partial charge >= 0.3 is 0 Å². The number of rotatable bonds is 4. The van der Waals surface area contributed by atoms with Gasteiger partial charge in [0.05, 0.1) is 11.1 Å². The zero-order valence-electron chi connectivity index (χ0n) is 10.1. The SMILES string of the molecule is NC(=S)NN=Cc1ccc(-c2cccc([N+](=O)[O-])c2)o1. The summed E-state index contributed by atoms with van der Waals surface area (Å²) in [5, 5.41) is 14.5. The van der Waals surface area contributed by atoms with Crippen LogP contribution in [0.15, 0.2) is 45.9 Å². The number of hydrogen-bond acceptors (Lipinski definition) is 5. The molecule has 0 spiro atoms. The van der Waals surface area contributed by atoms with Gasteiger partial charge in [-0.1, -0.05) is 12.1 Å². The van der Waals surface area contributed by atoms with Gasteiger partial charge in [0.25, 0.3) is 5.69 Å². The fourth-order valence-corrected chi connectivity index (χ4v) is 1.56. The molecular formula is C12H10N4O3S. The van der Waals surface area contributed by atoms with Gasteiger partial charge in [0, 0.05) is 17.7 Å². The minimum absolute atomic E-state index is 0.00395. The third kappa shape index (κ3) is 3.39. The summed E-state index contributed by atoms with van der Waals surface area (Å²) in [4.78, 5) is 10.3. The van der Waals surface area contributed by atoms with Crippen LogP contribution in [0.5, 0.6) is 0 Å². The van der Waals surface area contributed by atoms with Crippen LogP contribution in [0.3, 0.4) is 0 Å². The van der Waals surface area contributed by atoms with Crippen molar-refractivity contribution in [3.63, 3.8) is 0 Å². The Balaban J connectivity index is 2.20. The van der Waals surface area contributed by atoms with E-state index in [1.165, 1.54) is 18.3 Å². The first-order chi connectivity index (χ1) is 9.56. The summed E-state index contributed by atoms with van der Waals surface area (Å²) in [6, 6.07) is 9.55. The molecule has 3 N–H and O–H groups in total. The number of nitro benzene ring substituents is 1. The predicted molar refractivity (Wildman–Crippen MR) is 78.3 cm³/mol. The summed E-state index contributed by atoms with van der Waals surface area (Å²) in [5.74, 6) is 0.973. The van der Waals surface area contributed by atoms with Crippen LogP contribution in [0.1, 0.15) is 5.76 Å². The van der Waals surface area contributed by atoms with Gasteiger partial charge in [-0.25, -0.2) is 0 Å². The van der Waals surface area contributed by atoms with E-state index in [4.69, 9.17) is 10.2 Å². The lowest BCUT2D eigenvalue weighted by molar-refractivity contribution is -0.384. The fraction of sp³-hybridized carbons (Fsp3) is 0. The first-order valence-electron chi connectivity index (χ1n) is 5.49. The van der Waals surface area contributed by atoms with Gasteiger partial charge < -0.3 is 10.2 Å². The van der Waals surface area contributed by atoms with E-state index in [-0.39, 0.29) is 10.8 Å². The summed E-state index contributed by atoms with van der Waals surface area (Å²) in [6.45, 7) is 0. The molecule has 20 heavy (non-hydrogen) atoms. The van der Waals surface area contributed by atoms with Crippen molar-refractivity contribution in [3.8, 4) is 11.3 Å². The molecule has 0 fully saturated rings. The Bertz CT molecular complexity index is 681. The van der Waals surface area contributed by atoms with Crippen molar-refractivity contribution in [1.29, 1.82) is 0 Å². The summed E-state index contributed by atoms with van der Waals surface area (Å²) >= 11 is 4.59. The van der Waals surface area contributed by atoms with E-state index in [1.54, 1.807) is 24.3 Å². The Morgan fingerprint density at radius 1 is 1.45 bits per heavy atom. The van der Waals surface area contributed by atoms with E-state index in [9.17, 15) is 10.1 Å². The van der Waals surface area contributed by atoms with Gasteiger partial charge in [-0.3, -0.25) is 15.5 Å². The van der Waals surface area contributed by atoms with E-state index in [0.717, 1.165) is 0 Å². The van der Waals surface area contributed by atoms with Crippen molar-refractivity contribution < 1.29 is 9.34 Å². The molecule has 0 aliphatic rings. The molecule has 0 bridgehead atoms. The Morgan fingerprint density at radius 3 is 2.95 bits per heavy atom. The molecule has 0 atom stereocenters. The molecule has 0 unspecified atom stereocenters. The average molecular weight is 290 g/mol. The van der Waals surface area contributed by atoms with Gasteiger partial charge in [-0.15, -0.1) is 0 Å². The van der Waals surface area contributed by atoms with E-state index in [2.05, 4.69) is 22.7 Å². The highest BCUT2D eigenvalue weighted by Gasteiger charge is 2.09. The fourth-order valence-electron chi connectivity index (χ4n) is 1.51. The van der Waals surface area contributed by atoms with Gasteiger partial charge in [0.1, 0.15) is 11.5 Å². The van der Waals surface area contributed by atoms with Crippen LogP contribution >= 0.6 is 12.2 Å². The second kappa shape index (κ2) is 5.93. The van der Waals surface area contributed by atoms with E-state index in [0.29, 0.717) is 17.1 Å². The van der Waals surface area contributed by atoms with Crippen LogP contribution in [0.25, 0.3) is 11.3 Å². The number of furan rings is 1. The number of nitrogens with two attached hydrogens (primary N) is 1. The summed E-state index contributed by atoms with van der Waals surface area (Å²) in [7, 11) is 0.